The molecule has 0 radical (unpaired) electrons. The molecule has 1 aliphatic heterocycles. The van der Waals surface area contributed by atoms with Gasteiger partial charge in [0, 0.05) is 38.4 Å². The molecule has 2 unspecified atom stereocenters. The molecule has 0 fully saturated rings. The van der Waals surface area contributed by atoms with Gasteiger partial charge in [-0.3, -0.25) is 4.90 Å². The summed E-state index contributed by atoms with van der Waals surface area (Å²) < 4.78 is 9.02. The maximum atomic E-state index is 6.60. The number of fused-ring (bicyclic) bond motifs is 10. The van der Waals surface area contributed by atoms with Crippen LogP contribution in [0.5, 0.6) is 0 Å². The van der Waals surface area contributed by atoms with E-state index in [-0.39, 0.29) is 12.3 Å². The molecule has 0 saturated heterocycles. The normalized spacial score (nSPS) is 16.1. The predicted molar refractivity (Wildman–Crippen MR) is 244 cm³/mol. The molecule has 1 N–H and O–H groups in total. The molecule has 12 rings (SSSR count). The first-order valence-electron chi connectivity index (χ1n) is 20.2. The highest BCUT2D eigenvalue weighted by atomic mass is 16.3. The Hall–Kier alpha value is -7.47. The zero-order chi connectivity index (χ0) is 39.0. The van der Waals surface area contributed by atoms with Gasteiger partial charge >= 0.3 is 0 Å². The Morgan fingerprint density at radius 1 is 0.492 bits per heavy atom. The van der Waals surface area contributed by atoms with Crippen LogP contribution in [0, 0.1) is 0 Å². The van der Waals surface area contributed by atoms with Crippen molar-refractivity contribution in [3.8, 4) is 16.8 Å². The van der Waals surface area contributed by atoms with Crippen molar-refractivity contribution in [2.24, 2.45) is 4.99 Å². The Bertz CT molecular complexity index is 3340. The molecule has 0 spiro atoms. The summed E-state index contributed by atoms with van der Waals surface area (Å²) in [5, 5.41) is 13.7. The lowest BCUT2D eigenvalue weighted by Gasteiger charge is -2.39. The van der Waals surface area contributed by atoms with E-state index in [9.17, 15) is 0 Å². The van der Waals surface area contributed by atoms with Crippen molar-refractivity contribution in [1.29, 1.82) is 0 Å². The van der Waals surface area contributed by atoms with Gasteiger partial charge in [-0.1, -0.05) is 152 Å². The molecule has 1 aliphatic rings. The van der Waals surface area contributed by atoms with Crippen LogP contribution in [0.15, 0.2) is 204 Å². The third-order valence-corrected chi connectivity index (χ3v) is 12.3. The molecule has 2 aromatic heterocycles. The second-order valence-corrected chi connectivity index (χ2v) is 15.6. The molecule has 0 amide bonds. The van der Waals surface area contributed by atoms with Crippen LogP contribution < -0.4 is 5.32 Å². The van der Waals surface area contributed by atoms with E-state index in [4.69, 9.17) is 9.41 Å². The number of para-hydroxylation sites is 2. The van der Waals surface area contributed by atoms with Gasteiger partial charge < -0.3 is 14.3 Å². The van der Waals surface area contributed by atoms with Gasteiger partial charge in [-0.2, -0.15) is 0 Å². The lowest BCUT2D eigenvalue weighted by Crippen LogP contribution is -2.46. The summed E-state index contributed by atoms with van der Waals surface area (Å²) in [4.78, 5) is 7.77. The van der Waals surface area contributed by atoms with E-state index >= 15 is 0 Å². The summed E-state index contributed by atoms with van der Waals surface area (Å²) >= 11 is 0. The van der Waals surface area contributed by atoms with Crippen molar-refractivity contribution in [3.63, 3.8) is 0 Å². The van der Waals surface area contributed by atoms with Crippen molar-refractivity contribution in [2.45, 2.75) is 12.3 Å². The van der Waals surface area contributed by atoms with Crippen molar-refractivity contribution < 1.29 is 4.42 Å². The first-order chi connectivity index (χ1) is 29.2. The van der Waals surface area contributed by atoms with Crippen LogP contribution in [-0.2, 0) is 0 Å². The van der Waals surface area contributed by atoms with Gasteiger partial charge in [0.15, 0.2) is 0 Å². The first kappa shape index (κ1) is 33.6. The number of nitrogens with zero attached hydrogens (tertiary/aromatic N) is 3. The van der Waals surface area contributed by atoms with E-state index in [2.05, 4.69) is 204 Å². The van der Waals surface area contributed by atoms with Gasteiger partial charge in [-0.15, -0.1) is 0 Å². The SMILES string of the molecule is CN1C(c2ccc(-c3ccccc3)cc2)N=C(c2ccc(-n3c4ccc5ccccc5c4c4c5ccccc5ccc43)cc2)NC1c1cccc2c1oc1ccccc12. The third-order valence-electron chi connectivity index (χ3n) is 12.3. The molecule has 5 heteroatoms. The number of amidine groups is 1. The molecule has 0 bridgehead atoms. The summed E-state index contributed by atoms with van der Waals surface area (Å²) in [6.45, 7) is 0. The molecule has 280 valence electrons. The Labute approximate surface area is 341 Å². The minimum absolute atomic E-state index is 0.218. The maximum Gasteiger partial charge on any atom is 0.142 e. The van der Waals surface area contributed by atoms with Crippen molar-refractivity contribution in [1.82, 2.24) is 14.8 Å². The molecular formula is C54H38N4O. The Balaban J connectivity index is 0.998. The summed E-state index contributed by atoms with van der Waals surface area (Å²) in [5.41, 5.74) is 10.8. The van der Waals surface area contributed by atoms with E-state index in [1.807, 2.05) is 12.1 Å². The fourth-order valence-electron chi connectivity index (χ4n) is 9.44. The van der Waals surface area contributed by atoms with Gasteiger partial charge in [-0.05, 0) is 87.7 Å². The second-order valence-electron chi connectivity index (χ2n) is 15.6. The number of aliphatic imine (C=N–C) groups is 1. The number of benzene rings is 9. The van der Waals surface area contributed by atoms with E-state index in [0.29, 0.717) is 0 Å². The highest BCUT2D eigenvalue weighted by Gasteiger charge is 2.33. The van der Waals surface area contributed by atoms with Gasteiger partial charge in [0.05, 0.1) is 11.0 Å². The summed E-state index contributed by atoms with van der Waals surface area (Å²) in [6, 6.07) is 69.5. The van der Waals surface area contributed by atoms with Gasteiger partial charge in [0.1, 0.15) is 29.3 Å². The lowest BCUT2D eigenvalue weighted by atomic mass is 10.00. The topological polar surface area (TPSA) is 45.7 Å². The highest BCUT2D eigenvalue weighted by Crippen LogP contribution is 2.42. The van der Waals surface area contributed by atoms with Crippen LogP contribution in [0.1, 0.15) is 29.0 Å². The van der Waals surface area contributed by atoms with Crippen LogP contribution in [0.3, 0.4) is 0 Å². The van der Waals surface area contributed by atoms with Crippen LogP contribution in [0.25, 0.3) is 82.1 Å². The maximum absolute atomic E-state index is 6.60. The standard InChI is InChI=1S/C54H38N4O/c1-57-53(39-24-22-35(23-25-39)34-12-3-2-4-13-34)55-52(56-54(57)45-20-11-19-44-43-18-9-10-21-48(43)59-51(44)45)38-26-30-40(31-27-38)58-46-32-28-36-14-5-7-16-41(36)49(46)50-42-17-8-6-15-37(42)29-33-47(50)58/h2-33,53-54H,1H3,(H,55,56). The van der Waals surface area contributed by atoms with E-state index in [1.165, 1.54) is 54.5 Å². The number of hydrogen-bond acceptors (Lipinski definition) is 4. The number of rotatable bonds is 5. The van der Waals surface area contributed by atoms with Crippen LogP contribution in [-0.4, -0.2) is 22.4 Å². The predicted octanol–water partition coefficient (Wildman–Crippen LogP) is 13.3. The molecule has 5 nitrogen and oxygen atoms in total. The smallest absolute Gasteiger partial charge is 0.142 e. The number of hydrogen-bond donors (Lipinski definition) is 1. The largest absolute Gasteiger partial charge is 0.456 e. The minimum Gasteiger partial charge on any atom is -0.456 e. The van der Waals surface area contributed by atoms with Gasteiger partial charge in [0.25, 0.3) is 0 Å². The van der Waals surface area contributed by atoms with E-state index in [1.54, 1.807) is 0 Å². The van der Waals surface area contributed by atoms with E-state index in [0.717, 1.165) is 50.2 Å². The highest BCUT2D eigenvalue weighted by molar-refractivity contribution is 6.28. The van der Waals surface area contributed by atoms with Crippen molar-refractivity contribution in [3.05, 3.63) is 211 Å². The third kappa shape index (κ3) is 5.32. The zero-order valence-corrected chi connectivity index (χ0v) is 32.4. The van der Waals surface area contributed by atoms with Crippen LogP contribution >= 0.6 is 0 Å². The molecule has 0 aliphatic carbocycles. The molecule has 11 aromatic rings. The van der Waals surface area contributed by atoms with Crippen LogP contribution in [0.4, 0.5) is 0 Å². The molecule has 2 atom stereocenters. The average molecular weight is 759 g/mol. The fraction of sp³-hybridized carbons (Fsp3) is 0.0556. The molecule has 9 aromatic carbocycles. The first-order valence-corrected chi connectivity index (χ1v) is 20.2. The second kappa shape index (κ2) is 13.3. The Morgan fingerprint density at radius 2 is 1.07 bits per heavy atom. The summed E-state index contributed by atoms with van der Waals surface area (Å²) in [5.74, 6) is 0.837. The molecule has 3 heterocycles. The van der Waals surface area contributed by atoms with Crippen LogP contribution in [0.2, 0.25) is 0 Å². The number of aromatic nitrogens is 1. The quantitative estimate of drug-likeness (QED) is 0.190. The number of furan rings is 1. The Morgan fingerprint density at radius 3 is 1.76 bits per heavy atom. The molecule has 0 saturated carbocycles. The summed E-state index contributed by atoms with van der Waals surface area (Å²) in [7, 11) is 2.15. The van der Waals surface area contributed by atoms with Gasteiger partial charge in [0.2, 0.25) is 0 Å². The van der Waals surface area contributed by atoms with Crippen molar-refractivity contribution in [2.75, 3.05) is 7.05 Å². The zero-order valence-electron chi connectivity index (χ0n) is 32.4. The van der Waals surface area contributed by atoms with Gasteiger partial charge in [-0.25, -0.2) is 4.99 Å². The Kier molecular flexibility index (Phi) is 7.59. The molecule has 59 heavy (non-hydrogen) atoms. The lowest BCUT2D eigenvalue weighted by molar-refractivity contribution is 0.152. The number of nitrogens with one attached hydrogen (secondary N) is 1. The molecular weight excluding hydrogens is 721 g/mol. The minimum atomic E-state index is -0.251. The summed E-state index contributed by atoms with van der Waals surface area (Å²) in [6.07, 6.45) is -0.469. The van der Waals surface area contributed by atoms with Crippen molar-refractivity contribution >= 4 is 71.1 Å². The fourth-order valence-corrected chi connectivity index (χ4v) is 9.44. The average Bonchev–Trinajstić information content (AvgIpc) is 3.86. The van der Waals surface area contributed by atoms with E-state index < -0.39 is 0 Å². The monoisotopic (exact) mass is 758 g/mol.